The van der Waals surface area contributed by atoms with Crippen LogP contribution in [0.15, 0.2) is 36.8 Å². The van der Waals surface area contributed by atoms with Gasteiger partial charge < -0.3 is 9.84 Å². The van der Waals surface area contributed by atoms with Gasteiger partial charge in [-0.25, -0.2) is 0 Å². The van der Waals surface area contributed by atoms with Gasteiger partial charge >= 0.3 is 0 Å². The van der Waals surface area contributed by atoms with Crippen LogP contribution in [0.25, 0.3) is 0 Å². The Morgan fingerprint density at radius 1 is 1.29 bits per heavy atom. The molecular formula is C13H12N2O2. The third kappa shape index (κ3) is 1.93. The van der Waals surface area contributed by atoms with Crippen molar-refractivity contribution in [2.75, 3.05) is 0 Å². The van der Waals surface area contributed by atoms with E-state index in [-0.39, 0.29) is 11.9 Å². The molecule has 2 heterocycles. The average molecular weight is 228 g/mol. The van der Waals surface area contributed by atoms with Crippen molar-refractivity contribution >= 4 is 0 Å². The fourth-order valence-electron chi connectivity index (χ4n) is 2.06. The van der Waals surface area contributed by atoms with Gasteiger partial charge in [0.1, 0.15) is 17.6 Å². The molecule has 1 atom stereocenters. The van der Waals surface area contributed by atoms with Gasteiger partial charge in [-0.15, -0.1) is 0 Å². The number of phenols is 1. The van der Waals surface area contributed by atoms with Gasteiger partial charge in [0.05, 0.1) is 11.9 Å². The van der Waals surface area contributed by atoms with E-state index in [1.54, 1.807) is 36.8 Å². The monoisotopic (exact) mass is 228 g/mol. The predicted molar refractivity (Wildman–Crippen MR) is 61.8 cm³/mol. The van der Waals surface area contributed by atoms with Gasteiger partial charge in [0.25, 0.3) is 0 Å². The van der Waals surface area contributed by atoms with Crippen LogP contribution in [0.1, 0.15) is 23.8 Å². The molecule has 1 aromatic heterocycles. The molecule has 3 rings (SSSR count). The summed E-state index contributed by atoms with van der Waals surface area (Å²) in [6, 6.07) is 5.19. The molecule has 4 heteroatoms. The molecule has 17 heavy (non-hydrogen) atoms. The summed E-state index contributed by atoms with van der Waals surface area (Å²) in [5.41, 5.74) is 1.90. The highest BCUT2D eigenvalue weighted by atomic mass is 16.5. The summed E-state index contributed by atoms with van der Waals surface area (Å²) in [5.74, 6) is 1.11. The van der Waals surface area contributed by atoms with Gasteiger partial charge in [0.2, 0.25) is 0 Å². The van der Waals surface area contributed by atoms with Crippen LogP contribution in [0.3, 0.4) is 0 Å². The maximum absolute atomic E-state index is 9.39. The molecule has 0 saturated heterocycles. The molecule has 1 N–H and O–H groups in total. The number of benzene rings is 1. The van der Waals surface area contributed by atoms with E-state index in [0.717, 1.165) is 29.8 Å². The third-order valence-corrected chi connectivity index (χ3v) is 2.90. The zero-order valence-corrected chi connectivity index (χ0v) is 9.21. The Morgan fingerprint density at radius 3 is 3.06 bits per heavy atom. The van der Waals surface area contributed by atoms with E-state index >= 15 is 0 Å². The Kier molecular flexibility index (Phi) is 2.40. The molecule has 0 unspecified atom stereocenters. The second-order valence-corrected chi connectivity index (χ2v) is 4.07. The highest BCUT2D eigenvalue weighted by molar-refractivity contribution is 5.41. The lowest BCUT2D eigenvalue weighted by atomic mass is 10.0. The topological polar surface area (TPSA) is 55.2 Å². The number of aromatic nitrogens is 2. The maximum atomic E-state index is 9.39. The van der Waals surface area contributed by atoms with Crippen LogP contribution in [0.4, 0.5) is 0 Å². The van der Waals surface area contributed by atoms with Gasteiger partial charge in [-0.05, 0) is 36.6 Å². The van der Waals surface area contributed by atoms with Crippen molar-refractivity contribution in [3.05, 3.63) is 48.0 Å². The minimum absolute atomic E-state index is 0.0410. The summed E-state index contributed by atoms with van der Waals surface area (Å²) in [6.45, 7) is 0. The van der Waals surface area contributed by atoms with Crippen LogP contribution in [0.2, 0.25) is 0 Å². The fraction of sp³-hybridized carbons (Fsp3) is 0.231. The van der Waals surface area contributed by atoms with Crippen LogP contribution in [-0.4, -0.2) is 15.1 Å². The van der Waals surface area contributed by atoms with Gasteiger partial charge in [0, 0.05) is 12.4 Å². The number of hydrogen-bond donors (Lipinski definition) is 1. The van der Waals surface area contributed by atoms with Crippen molar-refractivity contribution < 1.29 is 9.84 Å². The average Bonchev–Trinajstić information content (AvgIpc) is 2.39. The first-order valence-corrected chi connectivity index (χ1v) is 5.57. The number of hydrogen-bond acceptors (Lipinski definition) is 4. The zero-order valence-electron chi connectivity index (χ0n) is 9.21. The van der Waals surface area contributed by atoms with E-state index in [4.69, 9.17) is 4.74 Å². The largest absolute Gasteiger partial charge is 0.508 e. The molecule has 0 fully saturated rings. The van der Waals surface area contributed by atoms with E-state index in [1.165, 1.54) is 0 Å². The van der Waals surface area contributed by atoms with Gasteiger partial charge in [-0.2, -0.15) is 0 Å². The van der Waals surface area contributed by atoms with E-state index in [2.05, 4.69) is 9.97 Å². The summed E-state index contributed by atoms with van der Waals surface area (Å²) in [5, 5.41) is 9.39. The number of aromatic hydroxyl groups is 1. The Labute approximate surface area is 98.9 Å². The number of phenolic OH excluding ortho intramolecular Hbond substituents is 1. The second-order valence-electron chi connectivity index (χ2n) is 4.07. The number of nitrogens with zero attached hydrogens (tertiary/aromatic N) is 2. The Morgan fingerprint density at radius 2 is 2.24 bits per heavy atom. The second kappa shape index (κ2) is 4.05. The van der Waals surface area contributed by atoms with Crippen molar-refractivity contribution in [1.82, 2.24) is 9.97 Å². The van der Waals surface area contributed by atoms with Crippen molar-refractivity contribution in [3.63, 3.8) is 0 Å². The van der Waals surface area contributed by atoms with Crippen LogP contribution in [0.5, 0.6) is 11.5 Å². The molecule has 86 valence electrons. The molecule has 1 aliphatic rings. The lowest BCUT2D eigenvalue weighted by Crippen LogP contribution is -2.16. The van der Waals surface area contributed by atoms with Crippen LogP contribution >= 0.6 is 0 Å². The molecule has 0 spiro atoms. The SMILES string of the molecule is Oc1ccc2c(c1)CC[C@@H](c1cnccn1)O2. The van der Waals surface area contributed by atoms with Gasteiger partial charge in [0.15, 0.2) is 0 Å². The summed E-state index contributed by atoms with van der Waals surface area (Å²) in [7, 11) is 0. The number of fused-ring (bicyclic) bond motifs is 1. The first kappa shape index (κ1) is 10.1. The summed E-state index contributed by atoms with van der Waals surface area (Å²) in [6.07, 6.45) is 6.75. The molecule has 0 bridgehead atoms. The summed E-state index contributed by atoms with van der Waals surface area (Å²) >= 11 is 0. The minimum atomic E-state index is -0.0410. The molecule has 1 aliphatic heterocycles. The Balaban J connectivity index is 1.88. The normalized spacial score (nSPS) is 18.2. The molecule has 0 aliphatic carbocycles. The quantitative estimate of drug-likeness (QED) is 0.813. The highest BCUT2D eigenvalue weighted by Crippen LogP contribution is 2.35. The molecule has 0 saturated carbocycles. The smallest absolute Gasteiger partial charge is 0.142 e. The van der Waals surface area contributed by atoms with E-state index in [0.29, 0.717) is 0 Å². The maximum Gasteiger partial charge on any atom is 0.142 e. The zero-order chi connectivity index (χ0) is 11.7. The van der Waals surface area contributed by atoms with E-state index < -0.39 is 0 Å². The van der Waals surface area contributed by atoms with Gasteiger partial charge in [-0.3, -0.25) is 9.97 Å². The Hall–Kier alpha value is -2.10. The lowest BCUT2D eigenvalue weighted by Gasteiger charge is -2.25. The highest BCUT2D eigenvalue weighted by Gasteiger charge is 2.22. The van der Waals surface area contributed by atoms with Crippen LogP contribution in [0, 0.1) is 0 Å². The first-order chi connectivity index (χ1) is 8.33. The van der Waals surface area contributed by atoms with Gasteiger partial charge in [-0.1, -0.05) is 0 Å². The lowest BCUT2D eigenvalue weighted by molar-refractivity contribution is 0.171. The van der Waals surface area contributed by atoms with Crippen molar-refractivity contribution in [3.8, 4) is 11.5 Å². The van der Waals surface area contributed by atoms with Crippen LogP contribution < -0.4 is 4.74 Å². The van der Waals surface area contributed by atoms with Crippen molar-refractivity contribution in [2.24, 2.45) is 0 Å². The van der Waals surface area contributed by atoms with E-state index in [1.807, 2.05) is 0 Å². The minimum Gasteiger partial charge on any atom is -0.508 e. The molecule has 1 aromatic carbocycles. The number of aryl methyl sites for hydroxylation is 1. The molecule has 2 aromatic rings. The standard InChI is InChI=1S/C13H12N2O2/c16-10-2-4-12-9(7-10)1-3-13(17-12)11-8-14-5-6-15-11/h2,4-8,13,16H,1,3H2/t13-/m0/s1. The molecule has 4 nitrogen and oxygen atoms in total. The molecular weight excluding hydrogens is 216 g/mol. The van der Waals surface area contributed by atoms with Crippen molar-refractivity contribution in [1.29, 1.82) is 0 Å². The number of ether oxygens (including phenoxy) is 1. The fourth-order valence-corrected chi connectivity index (χ4v) is 2.06. The first-order valence-electron chi connectivity index (χ1n) is 5.57. The Bertz CT molecular complexity index is 528. The number of rotatable bonds is 1. The van der Waals surface area contributed by atoms with Crippen molar-refractivity contribution in [2.45, 2.75) is 18.9 Å². The van der Waals surface area contributed by atoms with E-state index in [9.17, 15) is 5.11 Å². The third-order valence-electron chi connectivity index (χ3n) is 2.90. The summed E-state index contributed by atoms with van der Waals surface area (Å²) in [4.78, 5) is 8.30. The summed E-state index contributed by atoms with van der Waals surface area (Å²) < 4.78 is 5.86. The predicted octanol–water partition coefficient (Wildman–Crippen LogP) is 2.25. The molecule has 0 amide bonds. The molecule has 0 radical (unpaired) electrons. The van der Waals surface area contributed by atoms with Crippen LogP contribution in [-0.2, 0) is 6.42 Å².